The van der Waals surface area contributed by atoms with Gasteiger partial charge < -0.3 is 15.4 Å². The molecule has 34 heavy (non-hydrogen) atoms. The lowest BCUT2D eigenvalue weighted by atomic mass is 10.1. The summed E-state index contributed by atoms with van der Waals surface area (Å²) in [5, 5.41) is 5.59. The molecule has 0 aliphatic carbocycles. The van der Waals surface area contributed by atoms with E-state index >= 15 is 0 Å². The third kappa shape index (κ3) is 4.52. The van der Waals surface area contributed by atoms with E-state index in [-0.39, 0.29) is 17.5 Å². The average Bonchev–Trinajstić information content (AvgIpc) is 2.84. The van der Waals surface area contributed by atoms with Crippen LogP contribution in [0.1, 0.15) is 19.9 Å². The van der Waals surface area contributed by atoms with Gasteiger partial charge in [0.2, 0.25) is 11.8 Å². The molecule has 0 bridgehead atoms. The summed E-state index contributed by atoms with van der Waals surface area (Å²) < 4.78 is 6.58. The van der Waals surface area contributed by atoms with Crippen molar-refractivity contribution in [2.45, 2.75) is 19.9 Å². The van der Waals surface area contributed by atoms with E-state index in [0.29, 0.717) is 33.7 Å². The molecule has 4 rings (SSSR count). The Morgan fingerprint density at radius 2 is 1.62 bits per heavy atom. The van der Waals surface area contributed by atoms with Gasteiger partial charge in [0.25, 0.3) is 5.56 Å². The van der Waals surface area contributed by atoms with Gasteiger partial charge in [0, 0.05) is 18.2 Å². The minimum absolute atomic E-state index is 0.146. The SMILES string of the molecule is COc1ccc(NC(=O)C(C)n2c(=O)c(-c3ccccc3NC(C)=O)nc3ccccc32)cc1. The Balaban J connectivity index is 1.81. The second-order valence-corrected chi connectivity index (χ2v) is 7.74. The van der Waals surface area contributed by atoms with Crippen molar-refractivity contribution in [2.75, 3.05) is 17.7 Å². The number of nitrogens with one attached hydrogen (secondary N) is 2. The van der Waals surface area contributed by atoms with Gasteiger partial charge in [-0.15, -0.1) is 0 Å². The van der Waals surface area contributed by atoms with Crippen LogP contribution in [0, 0.1) is 0 Å². The van der Waals surface area contributed by atoms with Crippen LogP contribution in [0.4, 0.5) is 11.4 Å². The standard InChI is InChI=1S/C26H24N4O4/c1-16(25(32)28-18-12-14-19(34-3)15-13-18)30-23-11-7-6-10-22(23)29-24(26(30)33)20-8-4-5-9-21(20)27-17(2)31/h4-16H,1-3H3,(H,27,31)(H,28,32). The molecular formula is C26H24N4O4. The zero-order valence-electron chi connectivity index (χ0n) is 19.0. The van der Waals surface area contributed by atoms with E-state index in [4.69, 9.17) is 4.74 Å². The number of methoxy groups -OCH3 is 1. The molecule has 3 aromatic carbocycles. The normalized spacial score (nSPS) is 11.6. The number of rotatable bonds is 6. The molecule has 1 unspecified atom stereocenters. The van der Waals surface area contributed by atoms with Crippen LogP contribution in [0.25, 0.3) is 22.3 Å². The summed E-state index contributed by atoms with van der Waals surface area (Å²) in [4.78, 5) is 43.1. The smallest absolute Gasteiger partial charge is 0.278 e. The number of nitrogens with zero attached hydrogens (tertiary/aromatic N) is 2. The Hall–Kier alpha value is -4.46. The van der Waals surface area contributed by atoms with Gasteiger partial charge >= 0.3 is 0 Å². The molecule has 0 saturated carbocycles. The van der Waals surface area contributed by atoms with Crippen molar-refractivity contribution in [2.24, 2.45) is 0 Å². The minimum atomic E-state index is -0.839. The van der Waals surface area contributed by atoms with Crippen LogP contribution in [0.3, 0.4) is 0 Å². The van der Waals surface area contributed by atoms with Crippen LogP contribution < -0.4 is 20.9 Å². The number of aromatic nitrogens is 2. The van der Waals surface area contributed by atoms with Gasteiger partial charge in [-0.1, -0.05) is 30.3 Å². The molecule has 1 atom stereocenters. The molecule has 8 heteroatoms. The van der Waals surface area contributed by atoms with Gasteiger partial charge in [-0.25, -0.2) is 4.98 Å². The van der Waals surface area contributed by atoms with Crippen LogP contribution >= 0.6 is 0 Å². The molecule has 172 valence electrons. The van der Waals surface area contributed by atoms with Crippen molar-refractivity contribution in [1.29, 1.82) is 0 Å². The lowest BCUT2D eigenvalue weighted by Gasteiger charge is -2.19. The average molecular weight is 457 g/mol. The Morgan fingerprint density at radius 3 is 2.32 bits per heavy atom. The van der Waals surface area contributed by atoms with Crippen LogP contribution in [-0.2, 0) is 9.59 Å². The fraction of sp³-hybridized carbons (Fsp3) is 0.154. The van der Waals surface area contributed by atoms with Crippen LogP contribution in [0.5, 0.6) is 5.75 Å². The number of para-hydroxylation sites is 3. The predicted molar refractivity (Wildman–Crippen MR) is 132 cm³/mol. The van der Waals surface area contributed by atoms with Gasteiger partial charge in [0.05, 0.1) is 23.8 Å². The molecule has 0 aliphatic rings. The summed E-state index contributed by atoms with van der Waals surface area (Å²) in [7, 11) is 1.57. The van der Waals surface area contributed by atoms with Gasteiger partial charge in [0.15, 0.2) is 0 Å². The van der Waals surface area contributed by atoms with Crippen molar-refractivity contribution in [3.05, 3.63) is 83.2 Å². The van der Waals surface area contributed by atoms with Crippen molar-refractivity contribution >= 4 is 34.2 Å². The first-order chi connectivity index (χ1) is 16.4. The Morgan fingerprint density at radius 1 is 0.941 bits per heavy atom. The van der Waals surface area contributed by atoms with Crippen molar-refractivity contribution in [3.8, 4) is 17.0 Å². The zero-order valence-corrected chi connectivity index (χ0v) is 19.0. The monoisotopic (exact) mass is 456 g/mol. The first kappa shape index (κ1) is 22.7. The number of anilines is 2. The van der Waals surface area contributed by atoms with E-state index in [0.717, 1.165) is 0 Å². The second kappa shape index (κ2) is 9.58. The molecule has 2 N–H and O–H groups in total. The van der Waals surface area contributed by atoms with Crippen molar-refractivity contribution < 1.29 is 14.3 Å². The minimum Gasteiger partial charge on any atom is -0.497 e. The predicted octanol–water partition coefficient (Wildman–Crippen LogP) is 4.23. The fourth-order valence-electron chi connectivity index (χ4n) is 3.74. The number of hydrogen-bond acceptors (Lipinski definition) is 5. The topological polar surface area (TPSA) is 102 Å². The summed E-state index contributed by atoms with van der Waals surface area (Å²) >= 11 is 0. The summed E-state index contributed by atoms with van der Waals surface area (Å²) in [5.41, 5.74) is 2.33. The number of fused-ring (bicyclic) bond motifs is 1. The maximum Gasteiger partial charge on any atom is 0.278 e. The van der Waals surface area contributed by atoms with E-state index in [1.54, 1.807) is 80.8 Å². The molecule has 4 aromatic rings. The number of benzene rings is 3. The van der Waals surface area contributed by atoms with Crippen LogP contribution in [0.15, 0.2) is 77.6 Å². The number of carbonyl (C=O) groups excluding carboxylic acids is 2. The highest BCUT2D eigenvalue weighted by Crippen LogP contribution is 2.27. The molecule has 1 heterocycles. The van der Waals surface area contributed by atoms with Gasteiger partial charge in [-0.2, -0.15) is 0 Å². The summed E-state index contributed by atoms with van der Waals surface area (Å²) in [6, 6.07) is 20.2. The maximum atomic E-state index is 13.7. The molecule has 0 radical (unpaired) electrons. The highest BCUT2D eigenvalue weighted by molar-refractivity contribution is 5.96. The van der Waals surface area contributed by atoms with Gasteiger partial charge in [0.1, 0.15) is 17.5 Å². The van der Waals surface area contributed by atoms with Crippen LogP contribution in [-0.4, -0.2) is 28.5 Å². The highest BCUT2D eigenvalue weighted by Gasteiger charge is 2.23. The zero-order chi connectivity index (χ0) is 24.2. The molecule has 0 spiro atoms. The van der Waals surface area contributed by atoms with Gasteiger partial charge in [-0.3, -0.25) is 19.0 Å². The Labute approximate surface area is 196 Å². The van der Waals surface area contributed by atoms with Crippen molar-refractivity contribution in [3.63, 3.8) is 0 Å². The molecule has 8 nitrogen and oxygen atoms in total. The molecule has 1 aromatic heterocycles. The van der Waals surface area contributed by atoms with Crippen LogP contribution in [0.2, 0.25) is 0 Å². The lowest BCUT2D eigenvalue weighted by molar-refractivity contribution is -0.118. The summed E-state index contributed by atoms with van der Waals surface area (Å²) in [5.74, 6) is 0.0513. The molecule has 0 saturated heterocycles. The number of amides is 2. The van der Waals surface area contributed by atoms with E-state index in [9.17, 15) is 14.4 Å². The number of carbonyl (C=O) groups is 2. The van der Waals surface area contributed by atoms with Gasteiger partial charge in [-0.05, 0) is 49.4 Å². The lowest BCUT2D eigenvalue weighted by Crippen LogP contribution is -2.33. The van der Waals surface area contributed by atoms with E-state index in [1.807, 2.05) is 6.07 Å². The van der Waals surface area contributed by atoms with E-state index in [1.165, 1.54) is 11.5 Å². The van der Waals surface area contributed by atoms with E-state index in [2.05, 4.69) is 15.6 Å². The summed E-state index contributed by atoms with van der Waals surface area (Å²) in [6.45, 7) is 3.06. The first-order valence-electron chi connectivity index (χ1n) is 10.7. The highest BCUT2D eigenvalue weighted by atomic mass is 16.5. The van der Waals surface area contributed by atoms with E-state index < -0.39 is 11.6 Å². The Bertz CT molecular complexity index is 1430. The molecule has 0 aliphatic heterocycles. The summed E-state index contributed by atoms with van der Waals surface area (Å²) in [6.07, 6.45) is 0. The third-order valence-corrected chi connectivity index (χ3v) is 5.41. The second-order valence-electron chi connectivity index (χ2n) is 7.74. The fourth-order valence-corrected chi connectivity index (χ4v) is 3.74. The Kier molecular flexibility index (Phi) is 6.40. The molecule has 2 amide bonds. The quantitative estimate of drug-likeness (QED) is 0.452. The molecule has 0 fully saturated rings. The first-order valence-corrected chi connectivity index (χ1v) is 10.7. The number of hydrogen-bond donors (Lipinski definition) is 2. The maximum absolute atomic E-state index is 13.7. The molecular weight excluding hydrogens is 432 g/mol. The van der Waals surface area contributed by atoms with Crippen molar-refractivity contribution in [1.82, 2.24) is 9.55 Å². The number of ether oxygens (including phenoxy) is 1. The largest absolute Gasteiger partial charge is 0.497 e. The third-order valence-electron chi connectivity index (χ3n) is 5.41.